The molecular weight excluding hydrogens is 246 g/mol. The monoisotopic (exact) mass is 267 g/mol. The van der Waals surface area contributed by atoms with Gasteiger partial charge in [0.05, 0.1) is 4.92 Å². The van der Waals surface area contributed by atoms with E-state index in [1.54, 1.807) is 6.92 Å². The number of rotatable bonds is 6. The number of aryl methyl sites for hydroxylation is 1. The molecule has 1 rings (SSSR count). The largest absolute Gasteiger partial charge is 0.354 e. The number of hydrogen-bond donors (Lipinski definition) is 1. The van der Waals surface area contributed by atoms with Gasteiger partial charge in [0.25, 0.3) is 0 Å². The zero-order valence-corrected chi connectivity index (χ0v) is 12.1. The Morgan fingerprint density at radius 1 is 1.42 bits per heavy atom. The molecule has 0 aliphatic heterocycles. The SMILES string of the molecule is CCNc1nc(C)c([N+](=O)[O-])c(N(C)C(C)CC)n1. The average Bonchev–Trinajstić information content (AvgIpc) is 2.36. The lowest BCUT2D eigenvalue weighted by atomic mass is 10.2. The fourth-order valence-corrected chi connectivity index (χ4v) is 1.73. The van der Waals surface area contributed by atoms with Gasteiger partial charge in [-0.3, -0.25) is 10.1 Å². The van der Waals surface area contributed by atoms with Crippen LogP contribution in [0.3, 0.4) is 0 Å². The zero-order valence-electron chi connectivity index (χ0n) is 12.1. The molecule has 19 heavy (non-hydrogen) atoms. The summed E-state index contributed by atoms with van der Waals surface area (Å²) in [7, 11) is 1.82. The Balaban J connectivity index is 3.35. The van der Waals surface area contributed by atoms with Gasteiger partial charge in [0.15, 0.2) is 0 Å². The maximum Gasteiger partial charge on any atom is 0.332 e. The molecule has 7 heteroatoms. The van der Waals surface area contributed by atoms with Crippen molar-refractivity contribution < 1.29 is 4.92 Å². The molecule has 0 fully saturated rings. The van der Waals surface area contributed by atoms with E-state index >= 15 is 0 Å². The van der Waals surface area contributed by atoms with Crippen molar-refractivity contribution in [2.24, 2.45) is 0 Å². The number of aromatic nitrogens is 2. The first-order chi connectivity index (χ1) is 8.92. The van der Waals surface area contributed by atoms with Gasteiger partial charge in [0, 0.05) is 19.6 Å². The van der Waals surface area contributed by atoms with Crippen molar-refractivity contribution >= 4 is 17.5 Å². The summed E-state index contributed by atoms with van der Waals surface area (Å²) in [5, 5.41) is 14.2. The fraction of sp³-hybridized carbons (Fsp3) is 0.667. The van der Waals surface area contributed by atoms with E-state index in [9.17, 15) is 10.1 Å². The quantitative estimate of drug-likeness (QED) is 0.629. The minimum absolute atomic E-state index is 0.0237. The van der Waals surface area contributed by atoms with Gasteiger partial charge in [-0.15, -0.1) is 0 Å². The van der Waals surface area contributed by atoms with Crippen LogP contribution in [-0.2, 0) is 0 Å². The van der Waals surface area contributed by atoms with Crippen molar-refractivity contribution in [3.8, 4) is 0 Å². The highest BCUT2D eigenvalue weighted by molar-refractivity contribution is 5.62. The molecule has 0 radical (unpaired) electrons. The first-order valence-electron chi connectivity index (χ1n) is 6.42. The Kier molecular flexibility index (Phi) is 5.02. The van der Waals surface area contributed by atoms with E-state index in [1.807, 2.05) is 32.7 Å². The van der Waals surface area contributed by atoms with Crippen molar-refractivity contribution in [1.82, 2.24) is 9.97 Å². The van der Waals surface area contributed by atoms with E-state index in [2.05, 4.69) is 15.3 Å². The van der Waals surface area contributed by atoms with Gasteiger partial charge in [0.1, 0.15) is 5.69 Å². The van der Waals surface area contributed by atoms with Crippen LogP contribution in [0.2, 0.25) is 0 Å². The summed E-state index contributed by atoms with van der Waals surface area (Å²) in [4.78, 5) is 21.0. The standard InChI is InChI=1S/C12H21N5O2/c1-6-8(3)16(5)11-10(17(18)19)9(4)14-12(15-11)13-7-2/h8H,6-7H2,1-5H3,(H,13,14,15). The first-order valence-corrected chi connectivity index (χ1v) is 6.42. The van der Waals surface area contributed by atoms with E-state index in [0.717, 1.165) is 6.42 Å². The predicted molar refractivity (Wildman–Crippen MR) is 75.7 cm³/mol. The maximum absolute atomic E-state index is 11.2. The summed E-state index contributed by atoms with van der Waals surface area (Å²) in [6.45, 7) is 8.27. The molecule has 106 valence electrons. The molecule has 0 saturated heterocycles. The summed E-state index contributed by atoms with van der Waals surface area (Å²) in [6.07, 6.45) is 0.882. The minimum atomic E-state index is -0.417. The van der Waals surface area contributed by atoms with E-state index in [4.69, 9.17) is 0 Å². The van der Waals surface area contributed by atoms with Gasteiger partial charge < -0.3 is 10.2 Å². The smallest absolute Gasteiger partial charge is 0.332 e. The molecule has 0 spiro atoms. The third-order valence-electron chi connectivity index (χ3n) is 3.14. The second-order valence-corrected chi connectivity index (χ2v) is 4.46. The van der Waals surface area contributed by atoms with Crippen LogP contribution in [0.15, 0.2) is 0 Å². The van der Waals surface area contributed by atoms with E-state index < -0.39 is 4.92 Å². The summed E-state index contributed by atoms with van der Waals surface area (Å²) in [5.41, 5.74) is 0.352. The fourth-order valence-electron chi connectivity index (χ4n) is 1.73. The molecule has 1 N–H and O–H groups in total. The van der Waals surface area contributed by atoms with Gasteiger partial charge in [0.2, 0.25) is 11.8 Å². The lowest BCUT2D eigenvalue weighted by Crippen LogP contribution is -2.30. The molecule has 1 atom stereocenters. The lowest BCUT2D eigenvalue weighted by molar-refractivity contribution is -0.385. The van der Waals surface area contributed by atoms with Crippen LogP contribution in [-0.4, -0.2) is 34.5 Å². The highest BCUT2D eigenvalue weighted by atomic mass is 16.6. The second-order valence-electron chi connectivity index (χ2n) is 4.46. The van der Waals surface area contributed by atoms with Crippen LogP contribution in [0.1, 0.15) is 32.9 Å². The number of nitrogens with zero attached hydrogens (tertiary/aromatic N) is 4. The highest BCUT2D eigenvalue weighted by Crippen LogP contribution is 2.30. The molecule has 1 aromatic heterocycles. The van der Waals surface area contributed by atoms with Crippen molar-refractivity contribution in [1.29, 1.82) is 0 Å². The molecule has 1 unspecified atom stereocenters. The van der Waals surface area contributed by atoms with Crippen LogP contribution >= 0.6 is 0 Å². The van der Waals surface area contributed by atoms with Gasteiger partial charge in [-0.1, -0.05) is 6.92 Å². The van der Waals surface area contributed by atoms with Crippen molar-refractivity contribution in [3.05, 3.63) is 15.8 Å². The average molecular weight is 267 g/mol. The topological polar surface area (TPSA) is 84.2 Å². The molecule has 0 aliphatic carbocycles. The van der Waals surface area contributed by atoms with Crippen LogP contribution in [0.4, 0.5) is 17.5 Å². The Morgan fingerprint density at radius 2 is 2.05 bits per heavy atom. The van der Waals surface area contributed by atoms with Crippen LogP contribution < -0.4 is 10.2 Å². The number of anilines is 2. The summed E-state index contributed by atoms with van der Waals surface area (Å²) in [6, 6.07) is 0.169. The summed E-state index contributed by atoms with van der Waals surface area (Å²) >= 11 is 0. The normalized spacial score (nSPS) is 12.1. The maximum atomic E-state index is 11.2. The third kappa shape index (κ3) is 3.30. The Hall–Kier alpha value is -1.92. The molecule has 0 bridgehead atoms. The van der Waals surface area contributed by atoms with Crippen LogP contribution in [0.25, 0.3) is 0 Å². The van der Waals surface area contributed by atoms with Gasteiger partial charge in [-0.25, -0.2) is 4.98 Å². The molecule has 0 amide bonds. The second kappa shape index (κ2) is 6.31. The van der Waals surface area contributed by atoms with Crippen molar-refractivity contribution in [2.75, 3.05) is 23.8 Å². The zero-order chi connectivity index (χ0) is 14.6. The number of hydrogen-bond acceptors (Lipinski definition) is 6. The van der Waals surface area contributed by atoms with Crippen LogP contribution in [0.5, 0.6) is 0 Å². The molecule has 1 aromatic rings. The van der Waals surface area contributed by atoms with Gasteiger partial charge in [-0.05, 0) is 27.2 Å². The van der Waals surface area contributed by atoms with E-state index in [0.29, 0.717) is 24.0 Å². The summed E-state index contributed by atoms with van der Waals surface area (Å²) < 4.78 is 0. The molecule has 0 aliphatic rings. The molecule has 1 heterocycles. The Bertz CT molecular complexity index is 464. The third-order valence-corrected chi connectivity index (χ3v) is 3.14. The van der Waals surface area contributed by atoms with Crippen molar-refractivity contribution in [2.45, 2.75) is 40.2 Å². The Morgan fingerprint density at radius 3 is 2.53 bits per heavy atom. The molecule has 7 nitrogen and oxygen atoms in total. The van der Waals surface area contributed by atoms with Crippen molar-refractivity contribution in [3.63, 3.8) is 0 Å². The highest BCUT2D eigenvalue weighted by Gasteiger charge is 2.26. The molecule has 0 aromatic carbocycles. The molecular formula is C12H21N5O2. The van der Waals surface area contributed by atoms with Crippen LogP contribution in [0, 0.1) is 17.0 Å². The van der Waals surface area contributed by atoms with E-state index in [1.165, 1.54) is 0 Å². The first kappa shape index (κ1) is 15.1. The van der Waals surface area contributed by atoms with Gasteiger partial charge in [-0.2, -0.15) is 4.98 Å². The number of nitrogens with one attached hydrogen (secondary N) is 1. The van der Waals surface area contributed by atoms with Gasteiger partial charge >= 0.3 is 5.69 Å². The molecule has 0 saturated carbocycles. The predicted octanol–water partition coefficient (Wildman–Crippen LogP) is 2.36. The summed E-state index contributed by atoms with van der Waals surface area (Å²) in [5.74, 6) is 0.790. The van der Waals surface area contributed by atoms with E-state index in [-0.39, 0.29) is 11.7 Å². The lowest BCUT2D eigenvalue weighted by Gasteiger charge is -2.25. The minimum Gasteiger partial charge on any atom is -0.354 e. The Labute approximate surface area is 113 Å². The number of nitro groups is 1.